The molecular formula is C11H12ClN3S. The lowest BCUT2D eigenvalue weighted by Gasteiger charge is -2.09. The average molecular weight is 254 g/mol. The highest BCUT2D eigenvalue weighted by molar-refractivity contribution is 7.05. The smallest absolute Gasteiger partial charge is 0.0772 e. The summed E-state index contributed by atoms with van der Waals surface area (Å²) in [6.45, 7) is 1.93. The van der Waals surface area contributed by atoms with E-state index >= 15 is 0 Å². The Morgan fingerprint density at radius 2 is 2.06 bits per heavy atom. The van der Waals surface area contributed by atoms with Crippen molar-refractivity contribution in [1.82, 2.24) is 9.59 Å². The highest BCUT2D eigenvalue weighted by atomic mass is 35.5. The molecule has 0 aliphatic rings. The van der Waals surface area contributed by atoms with Crippen LogP contribution in [0.4, 0.5) is 0 Å². The monoisotopic (exact) mass is 253 g/mol. The molecule has 84 valence electrons. The van der Waals surface area contributed by atoms with Crippen molar-refractivity contribution >= 4 is 23.1 Å². The Morgan fingerprint density at radius 3 is 2.62 bits per heavy atom. The number of nitrogens with two attached hydrogens (primary N) is 1. The van der Waals surface area contributed by atoms with Gasteiger partial charge in [0, 0.05) is 11.1 Å². The molecule has 1 aromatic heterocycles. The molecule has 1 unspecified atom stereocenters. The van der Waals surface area contributed by atoms with Crippen LogP contribution in [0.25, 0.3) is 0 Å². The summed E-state index contributed by atoms with van der Waals surface area (Å²) in [5, 5.41) is 4.70. The number of hydrogen-bond acceptors (Lipinski definition) is 4. The molecule has 0 saturated heterocycles. The second-order valence-electron chi connectivity index (χ2n) is 3.66. The SMILES string of the molecule is Cc1nnsc1C(N)Cc1ccc(Cl)cc1. The third kappa shape index (κ3) is 2.58. The molecule has 0 radical (unpaired) electrons. The predicted molar refractivity (Wildman–Crippen MR) is 66.7 cm³/mol. The summed E-state index contributed by atoms with van der Waals surface area (Å²) in [5.74, 6) is 0. The Hall–Kier alpha value is -0.970. The summed E-state index contributed by atoms with van der Waals surface area (Å²) < 4.78 is 3.89. The van der Waals surface area contributed by atoms with Crippen LogP contribution in [0.15, 0.2) is 24.3 Å². The summed E-state index contributed by atoms with van der Waals surface area (Å²) in [6.07, 6.45) is 0.780. The summed E-state index contributed by atoms with van der Waals surface area (Å²) in [5.41, 5.74) is 8.20. The molecule has 1 aromatic carbocycles. The van der Waals surface area contributed by atoms with Crippen LogP contribution in [0.1, 0.15) is 22.2 Å². The van der Waals surface area contributed by atoms with E-state index in [4.69, 9.17) is 17.3 Å². The fraction of sp³-hybridized carbons (Fsp3) is 0.273. The first-order chi connectivity index (χ1) is 7.66. The fourth-order valence-corrected chi connectivity index (χ4v) is 2.31. The molecule has 0 aliphatic heterocycles. The highest BCUT2D eigenvalue weighted by Crippen LogP contribution is 2.22. The topological polar surface area (TPSA) is 51.8 Å². The standard InChI is InChI=1S/C11H12ClN3S/c1-7-11(16-15-14-7)10(13)6-8-2-4-9(12)5-3-8/h2-5,10H,6,13H2,1H3. The second kappa shape index (κ2) is 4.91. The average Bonchev–Trinajstić information content (AvgIpc) is 2.68. The zero-order valence-corrected chi connectivity index (χ0v) is 10.4. The van der Waals surface area contributed by atoms with Crippen LogP contribution in [0.2, 0.25) is 5.02 Å². The summed E-state index contributed by atoms with van der Waals surface area (Å²) in [6, 6.07) is 7.70. The molecule has 1 heterocycles. The summed E-state index contributed by atoms with van der Waals surface area (Å²) in [4.78, 5) is 1.05. The molecule has 5 heteroatoms. The number of benzene rings is 1. The van der Waals surface area contributed by atoms with Gasteiger partial charge in [-0.05, 0) is 42.6 Å². The first kappa shape index (κ1) is 11.5. The van der Waals surface area contributed by atoms with E-state index in [2.05, 4.69) is 9.59 Å². The Morgan fingerprint density at radius 1 is 1.38 bits per heavy atom. The molecule has 0 amide bonds. The van der Waals surface area contributed by atoms with E-state index in [-0.39, 0.29) is 6.04 Å². The van der Waals surface area contributed by atoms with Crippen molar-refractivity contribution in [1.29, 1.82) is 0 Å². The molecule has 1 atom stereocenters. The molecule has 0 spiro atoms. The molecule has 2 aromatic rings. The van der Waals surface area contributed by atoms with E-state index in [0.717, 1.165) is 22.0 Å². The van der Waals surface area contributed by atoms with Crippen molar-refractivity contribution in [3.63, 3.8) is 0 Å². The molecule has 16 heavy (non-hydrogen) atoms. The van der Waals surface area contributed by atoms with Gasteiger partial charge in [-0.1, -0.05) is 28.2 Å². The van der Waals surface area contributed by atoms with Gasteiger partial charge in [-0.15, -0.1) is 5.10 Å². The van der Waals surface area contributed by atoms with Crippen molar-refractivity contribution in [2.75, 3.05) is 0 Å². The van der Waals surface area contributed by atoms with Crippen molar-refractivity contribution < 1.29 is 0 Å². The number of rotatable bonds is 3. The van der Waals surface area contributed by atoms with Crippen LogP contribution in [0.3, 0.4) is 0 Å². The van der Waals surface area contributed by atoms with E-state index in [0.29, 0.717) is 0 Å². The Bertz CT molecular complexity index is 466. The molecule has 0 aliphatic carbocycles. The van der Waals surface area contributed by atoms with Gasteiger partial charge in [0.1, 0.15) is 0 Å². The van der Waals surface area contributed by atoms with Crippen LogP contribution in [-0.4, -0.2) is 9.59 Å². The van der Waals surface area contributed by atoms with Crippen LogP contribution < -0.4 is 5.73 Å². The van der Waals surface area contributed by atoms with Gasteiger partial charge in [-0.25, -0.2) is 0 Å². The van der Waals surface area contributed by atoms with Crippen molar-refractivity contribution in [3.05, 3.63) is 45.4 Å². The summed E-state index contributed by atoms with van der Waals surface area (Å²) >= 11 is 7.19. The van der Waals surface area contributed by atoms with E-state index in [1.54, 1.807) is 0 Å². The Balaban J connectivity index is 2.10. The van der Waals surface area contributed by atoms with E-state index < -0.39 is 0 Å². The minimum atomic E-state index is -0.0406. The summed E-state index contributed by atoms with van der Waals surface area (Å²) in [7, 11) is 0. The van der Waals surface area contributed by atoms with Crippen LogP contribution in [0.5, 0.6) is 0 Å². The van der Waals surface area contributed by atoms with Crippen LogP contribution >= 0.6 is 23.1 Å². The van der Waals surface area contributed by atoms with Crippen LogP contribution in [0, 0.1) is 6.92 Å². The number of hydrogen-bond donors (Lipinski definition) is 1. The van der Waals surface area contributed by atoms with E-state index in [1.807, 2.05) is 31.2 Å². The molecular weight excluding hydrogens is 242 g/mol. The maximum Gasteiger partial charge on any atom is 0.0772 e. The van der Waals surface area contributed by atoms with Gasteiger partial charge in [0.05, 0.1) is 10.6 Å². The number of nitrogens with zero attached hydrogens (tertiary/aromatic N) is 2. The number of aromatic nitrogens is 2. The quantitative estimate of drug-likeness (QED) is 0.915. The van der Waals surface area contributed by atoms with Crippen molar-refractivity contribution in [2.45, 2.75) is 19.4 Å². The largest absolute Gasteiger partial charge is 0.323 e. The van der Waals surface area contributed by atoms with E-state index in [9.17, 15) is 0 Å². The van der Waals surface area contributed by atoms with Gasteiger partial charge in [0.25, 0.3) is 0 Å². The lowest BCUT2D eigenvalue weighted by atomic mass is 10.0. The molecule has 0 bridgehead atoms. The second-order valence-corrected chi connectivity index (χ2v) is 4.88. The molecule has 3 nitrogen and oxygen atoms in total. The van der Waals surface area contributed by atoms with Gasteiger partial charge in [0.2, 0.25) is 0 Å². The molecule has 0 fully saturated rings. The van der Waals surface area contributed by atoms with Crippen molar-refractivity contribution in [3.8, 4) is 0 Å². The lowest BCUT2D eigenvalue weighted by molar-refractivity contribution is 0.728. The zero-order valence-electron chi connectivity index (χ0n) is 8.85. The Labute approximate surface area is 103 Å². The molecule has 2 rings (SSSR count). The molecule has 2 N–H and O–H groups in total. The normalized spacial score (nSPS) is 12.7. The van der Waals surface area contributed by atoms with E-state index in [1.165, 1.54) is 17.1 Å². The lowest BCUT2D eigenvalue weighted by Crippen LogP contribution is -2.12. The number of halogens is 1. The van der Waals surface area contributed by atoms with Gasteiger partial charge in [0.15, 0.2) is 0 Å². The maximum atomic E-state index is 6.11. The third-order valence-electron chi connectivity index (χ3n) is 2.39. The highest BCUT2D eigenvalue weighted by Gasteiger charge is 2.13. The van der Waals surface area contributed by atoms with Crippen LogP contribution in [-0.2, 0) is 6.42 Å². The van der Waals surface area contributed by atoms with Gasteiger partial charge in [-0.2, -0.15) is 0 Å². The van der Waals surface area contributed by atoms with Gasteiger partial charge >= 0.3 is 0 Å². The van der Waals surface area contributed by atoms with Crippen molar-refractivity contribution in [2.24, 2.45) is 5.73 Å². The first-order valence-electron chi connectivity index (χ1n) is 4.95. The minimum Gasteiger partial charge on any atom is -0.323 e. The van der Waals surface area contributed by atoms with Gasteiger partial charge < -0.3 is 5.73 Å². The minimum absolute atomic E-state index is 0.0406. The number of aryl methyl sites for hydroxylation is 1. The predicted octanol–water partition coefficient (Wildman–Crippen LogP) is 2.74. The first-order valence-corrected chi connectivity index (χ1v) is 6.11. The zero-order chi connectivity index (χ0) is 11.5. The third-order valence-corrected chi connectivity index (χ3v) is 3.60. The molecule has 0 saturated carbocycles. The Kier molecular flexibility index (Phi) is 3.53. The fourth-order valence-electron chi connectivity index (χ4n) is 1.54. The maximum absolute atomic E-state index is 6.11. The van der Waals surface area contributed by atoms with Gasteiger partial charge in [-0.3, -0.25) is 0 Å².